The van der Waals surface area contributed by atoms with Crippen LogP contribution in [0.25, 0.3) is 0 Å². The maximum atomic E-state index is 12.0. The van der Waals surface area contributed by atoms with Crippen LogP contribution in [0, 0.1) is 0 Å². The minimum atomic E-state index is -0.0984. The molecule has 1 unspecified atom stereocenters. The van der Waals surface area contributed by atoms with Crippen molar-refractivity contribution in [2.75, 3.05) is 6.61 Å². The van der Waals surface area contributed by atoms with E-state index >= 15 is 0 Å². The Kier molecular flexibility index (Phi) is 3.37. The summed E-state index contributed by atoms with van der Waals surface area (Å²) < 4.78 is 5.17. The first-order valence-electron chi connectivity index (χ1n) is 6.95. The molecule has 1 aromatic rings. The van der Waals surface area contributed by atoms with Gasteiger partial charge in [0.25, 0.3) is 0 Å². The number of fused-ring (bicyclic) bond motifs is 1. The van der Waals surface area contributed by atoms with Crippen molar-refractivity contribution >= 4 is 17.3 Å². The zero-order chi connectivity index (χ0) is 12.5. The Balaban J connectivity index is 1.85. The minimum Gasteiger partial charge on any atom is -0.465 e. The van der Waals surface area contributed by atoms with Gasteiger partial charge in [-0.05, 0) is 39.0 Å². The summed E-state index contributed by atoms with van der Waals surface area (Å²) >= 11 is 1.84. The summed E-state index contributed by atoms with van der Waals surface area (Å²) in [7, 11) is 0. The summed E-state index contributed by atoms with van der Waals surface area (Å²) in [4.78, 5) is 18.1. The fraction of sp³-hybridized carbons (Fsp3) is 0.714. The lowest BCUT2D eigenvalue weighted by molar-refractivity contribution is -0.145. The molecule has 1 saturated carbocycles. The summed E-state index contributed by atoms with van der Waals surface area (Å²) in [5.41, 5.74) is 1.03. The lowest BCUT2D eigenvalue weighted by atomic mass is 9.86. The highest BCUT2D eigenvalue weighted by atomic mass is 32.1. The molecule has 98 valence electrons. The monoisotopic (exact) mass is 265 g/mol. The molecular weight excluding hydrogens is 246 g/mol. The van der Waals surface area contributed by atoms with Crippen molar-refractivity contribution in [2.24, 2.45) is 0 Å². The lowest BCUT2D eigenvalue weighted by Gasteiger charge is -2.22. The van der Waals surface area contributed by atoms with Crippen LogP contribution in [0.15, 0.2) is 0 Å². The number of rotatable bonds is 3. The number of nitrogens with zero attached hydrogens (tertiary/aromatic N) is 1. The number of carbonyl (C=O) groups is 1. The highest BCUT2D eigenvalue weighted by Crippen LogP contribution is 2.43. The molecular formula is C14H19NO2S. The third-order valence-electron chi connectivity index (χ3n) is 4.00. The fourth-order valence-corrected chi connectivity index (χ4v) is 4.08. The first kappa shape index (κ1) is 12.2. The molecule has 3 nitrogen and oxygen atoms in total. The largest absolute Gasteiger partial charge is 0.465 e. The number of carbonyl (C=O) groups excluding carboxylic acids is 1. The third-order valence-corrected chi connectivity index (χ3v) is 5.29. The average molecular weight is 265 g/mol. The SMILES string of the molecule is CCOC(=O)C1CCCc2sc(C3CCC3)nc21. The van der Waals surface area contributed by atoms with Crippen LogP contribution in [-0.2, 0) is 16.0 Å². The quantitative estimate of drug-likeness (QED) is 0.786. The van der Waals surface area contributed by atoms with Crippen LogP contribution >= 0.6 is 11.3 Å². The van der Waals surface area contributed by atoms with Crippen LogP contribution < -0.4 is 0 Å². The predicted octanol–water partition coefficient (Wildman–Crippen LogP) is 3.39. The Labute approximate surface area is 112 Å². The molecule has 1 fully saturated rings. The molecule has 0 spiro atoms. The molecule has 2 aliphatic carbocycles. The number of aryl methyl sites for hydroxylation is 1. The van der Waals surface area contributed by atoms with Gasteiger partial charge in [-0.3, -0.25) is 4.79 Å². The molecule has 4 heteroatoms. The smallest absolute Gasteiger partial charge is 0.315 e. The van der Waals surface area contributed by atoms with Gasteiger partial charge < -0.3 is 4.74 Å². The van der Waals surface area contributed by atoms with Crippen molar-refractivity contribution < 1.29 is 9.53 Å². The van der Waals surface area contributed by atoms with Gasteiger partial charge in [0.2, 0.25) is 0 Å². The summed E-state index contributed by atoms with van der Waals surface area (Å²) in [6, 6.07) is 0. The van der Waals surface area contributed by atoms with E-state index in [4.69, 9.17) is 9.72 Å². The van der Waals surface area contributed by atoms with Gasteiger partial charge >= 0.3 is 5.97 Å². The fourth-order valence-electron chi connectivity index (χ4n) is 2.74. The molecule has 0 amide bonds. The number of thiazole rings is 1. The molecule has 0 saturated heterocycles. The highest BCUT2D eigenvalue weighted by molar-refractivity contribution is 7.11. The first-order valence-corrected chi connectivity index (χ1v) is 7.77. The molecule has 0 aliphatic heterocycles. The van der Waals surface area contributed by atoms with Crippen molar-refractivity contribution in [2.45, 2.75) is 57.3 Å². The van der Waals surface area contributed by atoms with Gasteiger partial charge in [0.05, 0.1) is 17.3 Å². The zero-order valence-electron chi connectivity index (χ0n) is 10.8. The van der Waals surface area contributed by atoms with E-state index in [1.54, 1.807) is 0 Å². The van der Waals surface area contributed by atoms with E-state index in [1.165, 1.54) is 29.1 Å². The van der Waals surface area contributed by atoms with Crippen LogP contribution in [0.1, 0.15) is 66.4 Å². The van der Waals surface area contributed by atoms with Crippen LogP contribution in [0.3, 0.4) is 0 Å². The number of hydrogen-bond donors (Lipinski definition) is 0. The van der Waals surface area contributed by atoms with Crippen LogP contribution in [0.4, 0.5) is 0 Å². The summed E-state index contributed by atoms with van der Waals surface area (Å²) in [6.45, 7) is 2.33. The van der Waals surface area contributed by atoms with Crippen LogP contribution in [0.2, 0.25) is 0 Å². The molecule has 0 bridgehead atoms. The molecule has 2 aliphatic rings. The highest BCUT2D eigenvalue weighted by Gasteiger charge is 2.33. The molecule has 0 N–H and O–H groups in total. The number of aromatic nitrogens is 1. The molecule has 1 aromatic heterocycles. The molecule has 0 radical (unpaired) electrons. The Morgan fingerprint density at radius 3 is 2.89 bits per heavy atom. The number of hydrogen-bond acceptors (Lipinski definition) is 4. The van der Waals surface area contributed by atoms with E-state index in [0.29, 0.717) is 12.5 Å². The Bertz CT molecular complexity index is 451. The second kappa shape index (κ2) is 5.00. The van der Waals surface area contributed by atoms with Crippen molar-refractivity contribution in [3.63, 3.8) is 0 Å². The van der Waals surface area contributed by atoms with Gasteiger partial charge in [-0.2, -0.15) is 0 Å². The second-order valence-corrected chi connectivity index (χ2v) is 6.30. The Morgan fingerprint density at radius 2 is 2.22 bits per heavy atom. The van der Waals surface area contributed by atoms with Crippen LogP contribution in [0.5, 0.6) is 0 Å². The van der Waals surface area contributed by atoms with Gasteiger partial charge in [-0.1, -0.05) is 6.42 Å². The molecule has 18 heavy (non-hydrogen) atoms. The molecule has 0 aromatic carbocycles. The van der Waals surface area contributed by atoms with Crippen molar-refractivity contribution in [3.8, 4) is 0 Å². The van der Waals surface area contributed by atoms with E-state index in [-0.39, 0.29) is 11.9 Å². The van der Waals surface area contributed by atoms with E-state index in [0.717, 1.165) is 25.0 Å². The standard InChI is InChI=1S/C14H19NO2S/c1-2-17-14(16)10-7-4-8-11-12(10)15-13(18-11)9-5-3-6-9/h9-10H,2-8H2,1H3. The molecule has 1 heterocycles. The molecule has 3 rings (SSSR count). The van der Waals surface area contributed by atoms with Crippen molar-refractivity contribution in [1.82, 2.24) is 4.98 Å². The van der Waals surface area contributed by atoms with Gasteiger partial charge in [-0.15, -0.1) is 11.3 Å². The third kappa shape index (κ3) is 2.07. The van der Waals surface area contributed by atoms with Gasteiger partial charge in [0, 0.05) is 10.8 Å². The lowest BCUT2D eigenvalue weighted by Crippen LogP contribution is -2.20. The van der Waals surface area contributed by atoms with E-state index in [9.17, 15) is 4.79 Å². The van der Waals surface area contributed by atoms with Gasteiger partial charge in [-0.25, -0.2) is 4.98 Å². The summed E-state index contributed by atoms with van der Waals surface area (Å²) in [6.07, 6.45) is 6.96. The van der Waals surface area contributed by atoms with E-state index < -0.39 is 0 Å². The van der Waals surface area contributed by atoms with Gasteiger partial charge in [0.15, 0.2) is 0 Å². The normalized spacial score (nSPS) is 23.3. The summed E-state index contributed by atoms with van der Waals surface area (Å²) in [5, 5.41) is 1.27. The van der Waals surface area contributed by atoms with E-state index in [2.05, 4.69) is 0 Å². The maximum Gasteiger partial charge on any atom is 0.315 e. The maximum absolute atomic E-state index is 12.0. The van der Waals surface area contributed by atoms with Crippen LogP contribution in [-0.4, -0.2) is 17.6 Å². The zero-order valence-corrected chi connectivity index (χ0v) is 11.6. The van der Waals surface area contributed by atoms with Crippen molar-refractivity contribution in [3.05, 3.63) is 15.6 Å². The number of esters is 1. The number of ether oxygens (including phenoxy) is 1. The molecule has 1 atom stereocenters. The van der Waals surface area contributed by atoms with Gasteiger partial charge in [0.1, 0.15) is 5.92 Å². The topological polar surface area (TPSA) is 39.2 Å². The van der Waals surface area contributed by atoms with Crippen molar-refractivity contribution in [1.29, 1.82) is 0 Å². The predicted molar refractivity (Wildman–Crippen MR) is 71.0 cm³/mol. The summed E-state index contributed by atoms with van der Waals surface area (Å²) in [5.74, 6) is 0.492. The first-order chi connectivity index (χ1) is 8.79. The minimum absolute atomic E-state index is 0.0797. The Hall–Kier alpha value is -0.900. The average Bonchev–Trinajstić information content (AvgIpc) is 2.69. The van der Waals surface area contributed by atoms with E-state index in [1.807, 2.05) is 18.3 Å². The second-order valence-electron chi connectivity index (χ2n) is 5.19. The Morgan fingerprint density at radius 1 is 1.39 bits per heavy atom.